The molecule has 1 unspecified atom stereocenters. The van der Waals surface area contributed by atoms with Crippen LogP contribution in [0.4, 0.5) is 0 Å². The molecule has 7 heteroatoms. The molecule has 0 radical (unpaired) electrons. The number of benzene rings is 2. The van der Waals surface area contributed by atoms with Crippen molar-refractivity contribution in [1.29, 1.82) is 0 Å². The van der Waals surface area contributed by atoms with Crippen LogP contribution in [0.25, 0.3) is 0 Å². The van der Waals surface area contributed by atoms with E-state index in [1.807, 2.05) is 53.2 Å². The first-order chi connectivity index (χ1) is 13.8. The van der Waals surface area contributed by atoms with Crippen molar-refractivity contribution in [2.75, 3.05) is 6.61 Å². The van der Waals surface area contributed by atoms with Crippen molar-refractivity contribution in [2.24, 2.45) is 0 Å². The Bertz CT molecular complexity index is 926. The minimum Gasteiger partial charge on any atom is -0.485 e. The van der Waals surface area contributed by atoms with E-state index in [0.717, 1.165) is 24.2 Å². The summed E-state index contributed by atoms with van der Waals surface area (Å²) in [5.41, 5.74) is 1.07. The summed E-state index contributed by atoms with van der Waals surface area (Å²) in [6, 6.07) is 17.3. The second kappa shape index (κ2) is 8.56. The summed E-state index contributed by atoms with van der Waals surface area (Å²) >= 11 is 0. The monoisotopic (exact) mass is 378 g/mol. The Morgan fingerprint density at radius 1 is 1.07 bits per heavy atom. The molecule has 1 amide bonds. The zero-order chi connectivity index (χ0) is 19.2. The van der Waals surface area contributed by atoms with E-state index in [2.05, 4.69) is 15.4 Å². The summed E-state index contributed by atoms with van der Waals surface area (Å²) in [6.07, 6.45) is 3.21. The highest BCUT2D eigenvalue weighted by Gasteiger charge is 2.21. The molecule has 1 aliphatic rings. The third-order valence-corrected chi connectivity index (χ3v) is 4.62. The van der Waals surface area contributed by atoms with Gasteiger partial charge in [0.2, 0.25) is 0 Å². The normalized spacial score (nSPS) is 15.5. The number of carbonyl (C=O) groups excluding carboxylic acids is 1. The molecular formula is C21H22N4O3. The van der Waals surface area contributed by atoms with Crippen molar-refractivity contribution in [1.82, 2.24) is 20.1 Å². The smallest absolute Gasteiger partial charge is 0.258 e. The summed E-state index contributed by atoms with van der Waals surface area (Å²) < 4.78 is 13.4. The highest BCUT2D eigenvalue weighted by molar-refractivity contribution is 5.78. The number of fused-ring (bicyclic) bond motifs is 1. The lowest BCUT2D eigenvalue weighted by atomic mass is 10.1. The van der Waals surface area contributed by atoms with E-state index in [1.54, 1.807) is 12.4 Å². The lowest BCUT2D eigenvalue weighted by Crippen LogP contribution is -2.43. The Balaban J connectivity index is 1.29. The average Bonchev–Trinajstić information content (AvgIpc) is 3.20. The van der Waals surface area contributed by atoms with Gasteiger partial charge in [-0.15, -0.1) is 0 Å². The molecular weight excluding hydrogens is 356 g/mol. The van der Waals surface area contributed by atoms with E-state index in [1.165, 1.54) is 0 Å². The van der Waals surface area contributed by atoms with Crippen LogP contribution in [0.15, 0.2) is 60.9 Å². The lowest BCUT2D eigenvalue weighted by molar-refractivity contribution is -0.124. The van der Waals surface area contributed by atoms with Crippen LogP contribution in [-0.4, -0.2) is 33.3 Å². The van der Waals surface area contributed by atoms with Crippen molar-refractivity contribution < 1.29 is 14.3 Å². The lowest BCUT2D eigenvalue weighted by Gasteiger charge is -2.23. The van der Waals surface area contributed by atoms with Gasteiger partial charge in [0.1, 0.15) is 18.8 Å². The van der Waals surface area contributed by atoms with Gasteiger partial charge in [0.25, 0.3) is 5.91 Å². The van der Waals surface area contributed by atoms with Gasteiger partial charge in [-0.05, 0) is 24.1 Å². The maximum Gasteiger partial charge on any atom is 0.258 e. The van der Waals surface area contributed by atoms with Crippen molar-refractivity contribution in [2.45, 2.75) is 32.0 Å². The SMILES string of the molecule is O=C(COc1ccccc1OCc1ccccc1)NC1CCc2ncnn2C1. The number of para-hydroxylation sites is 2. The number of nitrogens with zero attached hydrogens (tertiary/aromatic N) is 3. The second-order valence-corrected chi connectivity index (χ2v) is 6.67. The molecule has 0 saturated heterocycles. The quantitative estimate of drug-likeness (QED) is 0.683. The number of rotatable bonds is 7. The molecule has 1 aromatic heterocycles. The Labute approximate surface area is 163 Å². The molecule has 0 saturated carbocycles. The van der Waals surface area contributed by atoms with Gasteiger partial charge in [-0.3, -0.25) is 4.79 Å². The molecule has 28 heavy (non-hydrogen) atoms. The number of hydrogen-bond acceptors (Lipinski definition) is 5. The van der Waals surface area contributed by atoms with Crippen molar-refractivity contribution in [3.05, 3.63) is 72.3 Å². The van der Waals surface area contributed by atoms with Crippen LogP contribution in [0, 0.1) is 0 Å². The van der Waals surface area contributed by atoms with E-state index >= 15 is 0 Å². The van der Waals surface area contributed by atoms with Gasteiger partial charge in [0, 0.05) is 12.5 Å². The van der Waals surface area contributed by atoms with Crippen LogP contribution in [0.3, 0.4) is 0 Å². The summed E-state index contributed by atoms with van der Waals surface area (Å²) in [7, 11) is 0. The van der Waals surface area contributed by atoms with E-state index in [-0.39, 0.29) is 18.6 Å². The first-order valence-electron chi connectivity index (χ1n) is 9.32. The standard InChI is InChI=1S/C21H22N4O3/c26-21(24-17-10-11-20-22-15-23-25(20)12-17)14-28-19-9-5-4-8-18(19)27-13-16-6-2-1-3-7-16/h1-9,15,17H,10-14H2,(H,24,26). The van der Waals surface area contributed by atoms with Gasteiger partial charge in [0.15, 0.2) is 18.1 Å². The van der Waals surface area contributed by atoms with Gasteiger partial charge in [-0.2, -0.15) is 5.10 Å². The minimum absolute atomic E-state index is 0.0369. The van der Waals surface area contributed by atoms with Crippen molar-refractivity contribution in [3.8, 4) is 11.5 Å². The zero-order valence-corrected chi connectivity index (χ0v) is 15.5. The van der Waals surface area contributed by atoms with Crippen molar-refractivity contribution >= 4 is 5.91 Å². The number of aryl methyl sites for hydroxylation is 1. The topological polar surface area (TPSA) is 78.3 Å². The fraction of sp³-hybridized carbons (Fsp3) is 0.286. The van der Waals surface area contributed by atoms with Gasteiger partial charge < -0.3 is 14.8 Å². The number of aromatic nitrogens is 3. The van der Waals surface area contributed by atoms with Gasteiger partial charge in [0.05, 0.1) is 6.54 Å². The molecule has 0 bridgehead atoms. The van der Waals surface area contributed by atoms with Gasteiger partial charge in [-0.25, -0.2) is 9.67 Å². The first kappa shape index (κ1) is 18.0. The molecule has 0 fully saturated rings. The van der Waals surface area contributed by atoms with Crippen molar-refractivity contribution in [3.63, 3.8) is 0 Å². The Kier molecular flexibility index (Phi) is 5.51. The maximum absolute atomic E-state index is 12.3. The highest BCUT2D eigenvalue weighted by atomic mass is 16.5. The van der Waals surface area contributed by atoms with Crippen LogP contribution >= 0.6 is 0 Å². The zero-order valence-electron chi connectivity index (χ0n) is 15.5. The molecule has 1 aliphatic heterocycles. The molecule has 3 aromatic rings. The van der Waals surface area contributed by atoms with E-state index in [0.29, 0.717) is 24.7 Å². The molecule has 1 atom stereocenters. The number of amides is 1. The molecule has 7 nitrogen and oxygen atoms in total. The fourth-order valence-electron chi connectivity index (χ4n) is 3.19. The number of ether oxygens (including phenoxy) is 2. The first-order valence-corrected chi connectivity index (χ1v) is 9.32. The Morgan fingerprint density at radius 2 is 1.82 bits per heavy atom. The summed E-state index contributed by atoms with van der Waals surface area (Å²) in [5.74, 6) is 1.97. The van der Waals surface area contributed by atoms with E-state index < -0.39 is 0 Å². The summed E-state index contributed by atoms with van der Waals surface area (Å²) in [4.78, 5) is 16.5. The number of carbonyl (C=O) groups is 1. The predicted octanol–water partition coefficient (Wildman–Crippen LogP) is 2.37. The molecule has 0 spiro atoms. The molecule has 1 N–H and O–H groups in total. The fourth-order valence-corrected chi connectivity index (χ4v) is 3.19. The highest BCUT2D eigenvalue weighted by Crippen LogP contribution is 2.27. The van der Waals surface area contributed by atoms with Crippen LogP contribution < -0.4 is 14.8 Å². The largest absolute Gasteiger partial charge is 0.485 e. The molecule has 2 heterocycles. The van der Waals surface area contributed by atoms with Gasteiger partial charge >= 0.3 is 0 Å². The summed E-state index contributed by atoms with van der Waals surface area (Å²) in [5, 5.41) is 7.18. The second-order valence-electron chi connectivity index (χ2n) is 6.67. The average molecular weight is 378 g/mol. The number of nitrogens with one attached hydrogen (secondary N) is 1. The van der Waals surface area contributed by atoms with Crippen LogP contribution in [0.5, 0.6) is 11.5 Å². The number of hydrogen-bond donors (Lipinski definition) is 1. The summed E-state index contributed by atoms with van der Waals surface area (Å²) in [6.45, 7) is 1.01. The van der Waals surface area contributed by atoms with Crippen LogP contribution in [-0.2, 0) is 24.4 Å². The van der Waals surface area contributed by atoms with Crippen LogP contribution in [0.2, 0.25) is 0 Å². The van der Waals surface area contributed by atoms with Crippen LogP contribution in [0.1, 0.15) is 17.8 Å². The molecule has 0 aliphatic carbocycles. The third kappa shape index (κ3) is 4.49. The van der Waals surface area contributed by atoms with Gasteiger partial charge in [-0.1, -0.05) is 42.5 Å². The Morgan fingerprint density at radius 3 is 2.64 bits per heavy atom. The third-order valence-electron chi connectivity index (χ3n) is 4.62. The molecule has 144 valence electrons. The molecule has 4 rings (SSSR count). The minimum atomic E-state index is -0.161. The molecule has 2 aromatic carbocycles. The maximum atomic E-state index is 12.3. The van der Waals surface area contributed by atoms with E-state index in [9.17, 15) is 4.79 Å². The Hall–Kier alpha value is -3.35. The van der Waals surface area contributed by atoms with E-state index in [4.69, 9.17) is 9.47 Å². The predicted molar refractivity (Wildman–Crippen MR) is 103 cm³/mol.